The fourth-order valence-electron chi connectivity index (χ4n) is 3.42. The Labute approximate surface area is 155 Å². The summed E-state index contributed by atoms with van der Waals surface area (Å²) in [6, 6.07) is 15.5. The molecule has 2 aromatic carbocycles. The summed E-state index contributed by atoms with van der Waals surface area (Å²) in [5.74, 6) is 1.25. The van der Waals surface area contributed by atoms with E-state index in [1.165, 1.54) is 0 Å². The minimum absolute atomic E-state index is 0.0755. The lowest BCUT2D eigenvalue weighted by molar-refractivity contribution is -0.120. The Kier molecular flexibility index (Phi) is 5.40. The number of para-hydroxylation sites is 1. The first kappa shape index (κ1) is 18.2. The predicted octanol–water partition coefficient (Wildman–Crippen LogP) is 4.31. The average Bonchev–Trinajstić information content (AvgIpc) is 2.76. The van der Waals surface area contributed by atoms with Crippen molar-refractivity contribution < 1.29 is 9.53 Å². The lowest BCUT2D eigenvalue weighted by Gasteiger charge is -2.24. The van der Waals surface area contributed by atoms with Crippen LogP contribution in [0.3, 0.4) is 0 Å². The standard InChI is InChI=1S/C22H26N2O2/c1-5-24-20-12-7-6-11-18(20)21(16-9-8-10-17(14-16)26-4)23-19(22(24)25)13-15(2)3/h6-12,14-15,19H,5,13H2,1-4H3/t19-/m0/s1. The van der Waals surface area contributed by atoms with Crippen molar-refractivity contribution in [2.24, 2.45) is 10.9 Å². The van der Waals surface area contributed by atoms with E-state index in [9.17, 15) is 4.79 Å². The van der Waals surface area contributed by atoms with Crippen molar-refractivity contribution in [2.75, 3.05) is 18.6 Å². The lowest BCUT2D eigenvalue weighted by Crippen LogP contribution is -2.38. The number of anilines is 1. The first-order valence-electron chi connectivity index (χ1n) is 9.18. The second-order valence-electron chi connectivity index (χ2n) is 6.95. The Balaban J connectivity index is 2.21. The molecule has 4 heteroatoms. The number of carbonyl (C=O) groups excluding carboxylic acids is 1. The van der Waals surface area contributed by atoms with Crippen LogP contribution in [-0.4, -0.2) is 31.3 Å². The second-order valence-corrected chi connectivity index (χ2v) is 6.95. The molecular formula is C22H26N2O2. The molecule has 0 unspecified atom stereocenters. The van der Waals surface area contributed by atoms with E-state index in [0.29, 0.717) is 12.5 Å². The van der Waals surface area contributed by atoms with Crippen molar-refractivity contribution in [1.82, 2.24) is 0 Å². The minimum atomic E-state index is -0.372. The van der Waals surface area contributed by atoms with Crippen molar-refractivity contribution in [3.8, 4) is 5.75 Å². The molecule has 1 aliphatic heterocycles. The minimum Gasteiger partial charge on any atom is -0.497 e. The second kappa shape index (κ2) is 7.73. The normalized spacial score (nSPS) is 17.0. The number of ether oxygens (including phenoxy) is 1. The third-order valence-electron chi connectivity index (χ3n) is 4.64. The number of rotatable bonds is 5. The quantitative estimate of drug-likeness (QED) is 0.806. The molecule has 0 fully saturated rings. The fourth-order valence-corrected chi connectivity index (χ4v) is 3.42. The van der Waals surface area contributed by atoms with Gasteiger partial charge >= 0.3 is 0 Å². The molecule has 1 atom stereocenters. The number of benzene rings is 2. The van der Waals surface area contributed by atoms with Gasteiger partial charge in [-0.25, -0.2) is 0 Å². The smallest absolute Gasteiger partial charge is 0.251 e. The predicted molar refractivity (Wildman–Crippen MR) is 106 cm³/mol. The van der Waals surface area contributed by atoms with Crippen molar-refractivity contribution >= 4 is 17.3 Å². The number of nitrogens with zero attached hydrogens (tertiary/aromatic N) is 2. The van der Waals surface area contributed by atoms with E-state index in [-0.39, 0.29) is 11.9 Å². The van der Waals surface area contributed by atoms with E-state index in [0.717, 1.165) is 34.7 Å². The third-order valence-corrected chi connectivity index (χ3v) is 4.64. The van der Waals surface area contributed by atoms with Crippen LogP contribution in [0.15, 0.2) is 53.5 Å². The summed E-state index contributed by atoms with van der Waals surface area (Å²) >= 11 is 0. The zero-order valence-electron chi connectivity index (χ0n) is 15.9. The molecule has 0 aromatic heterocycles. The zero-order chi connectivity index (χ0) is 18.7. The number of benzodiazepines with no additional fused rings is 1. The van der Waals surface area contributed by atoms with E-state index in [1.54, 1.807) is 7.11 Å². The van der Waals surface area contributed by atoms with E-state index < -0.39 is 0 Å². The summed E-state index contributed by atoms with van der Waals surface area (Å²) in [6.07, 6.45) is 0.733. The summed E-state index contributed by atoms with van der Waals surface area (Å²) in [7, 11) is 1.66. The Hall–Kier alpha value is -2.62. The molecule has 0 radical (unpaired) electrons. The molecule has 26 heavy (non-hydrogen) atoms. The van der Waals surface area contributed by atoms with Crippen LogP contribution >= 0.6 is 0 Å². The number of methoxy groups -OCH3 is 1. The van der Waals surface area contributed by atoms with E-state index >= 15 is 0 Å². The van der Waals surface area contributed by atoms with Crippen LogP contribution in [0.5, 0.6) is 5.75 Å². The number of amides is 1. The molecular weight excluding hydrogens is 324 g/mol. The molecule has 4 nitrogen and oxygen atoms in total. The molecule has 0 N–H and O–H groups in total. The zero-order valence-corrected chi connectivity index (χ0v) is 15.9. The summed E-state index contributed by atoms with van der Waals surface area (Å²) < 4.78 is 5.39. The number of hydrogen-bond acceptors (Lipinski definition) is 3. The first-order chi connectivity index (χ1) is 12.5. The van der Waals surface area contributed by atoms with Gasteiger partial charge in [-0.15, -0.1) is 0 Å². The highest BCUT2D eigenvalue weighted by Crippen LogP contribution is 2.30. The summed E-state index contributed by atoms with van der Waals surface area (Å²) in [4.78, 5) is 20.0. The summed E-state index contributed by atoms with van der Waals surface area (Å²) in [5.41, 5.74) is 3.74. The van der Waals surface area contributed by atoms with Gasteiger partial charge in [0.25, 0.3) is 5.91 Å². The molecule has 0 spiro atoms. The van der Waals surface area contributed by atoms with Gasteiger partial charge in [0.1, 0.15) is 11.8 Å². The summed E-state index contributed by atoms with van der Waals surface area (Å²) in [5, 5.41) is 0. The first-order valence-corrected chi connectivity index (χ1v) is 9.18. The van der Waals surface area contributed by atoms with Crippen LogP contribution in [0.2, 0.25) is 0 Å². The van der Waals surface area contributed by atoms with Crippen molar-refractivity contribution in [2.45, 2.75) is 33.2 Å². The Morgan fingerprint density at radius 1 is 1.15 bits per heavy atom. The molecule has 1 heterocycles. The largest absolute Gasteiger partial charge is 0.497 e. The third kappa shape index (κ3) is 3.50. The SMILES string of the molecule is CCN1C(=O)[C@H](CC(C)C)N=C(c2cccc(OC)c2)c2ccccc21. The molecule has 0 bridgehead atoms. The molecule has 1 amide bonds. The molecule has 0 aliphatic carbocycles. The van der Waals surface area contributed by atoms with Gasteiger partial charge in [-0.3, -0.25) is 9.79 Å². The topological polar surface area (TPSA) is 41.9 Å². The highest BCUT2D eigenvalue weighted by Gasteiger charge is 2.31. The van der Waals surface area contributed by atoms with Gasteiger partial charge < -0.3 is 9.64 Å². The average molecular weight is 350 g/mol. The molecule has 136 valence electrons. The lowest BCUT2D eigenvalue weighted by atomic mass is 9.99. The maximum atomic E-state index is 13.2. The van der Waals surface area contributed by atoms with Crippen LogP contribution in [-0.2, 0) is 4.79 Å². The van der Waals surface area contributed by atoms with Crippen LogP contribution < -0.4 is 9.64 Å². The highest BCUT2D eigenvalue weighted by atomic mass is 16.5. The monoisotopic (exact) mass is 350 g/mol. The molecule has 2 aromatic rings. The van der Waals surface area contributed by atoms with Gasteiger partial charge in [-0.2, -0.15) is 0 Å². The van der Waals surface area contributed by atoms with Gasteiger partial charge in [0, 0.05) is 17.7 Å². The van der Waals surface area contributed by atoms with Gasteiger partial charge in [-0.1, -0.05) is 44.2 Å². The number of likely N-dealkylation sites (N-methyl/N-ethyl adjacent to an activating group) is 1. The van der Waals surface area contributed by atoms with Crippen molar-refractivity contribution in [1.29, 1.82) is 0 Å². The van der Waals surface area contributed by atoms with E-state index in [1.807, 2.05) is 60.4 Å². The van der Waals surface area contributed by atoms with Crippen LogP contribution in [0.4, 0.5) is 5.69 Å². The van der Waals surface area contributed by atoms with E-state index in [2.05, 4.69) is 13.8 Å². The van der Waals surface area contributed by atoms with Gasteiger partial charge in [0.15, 0.2) is 0 Å². The summed E-state index contributed by atoms with van der Waals surface area (Å²) in [6.45, 7) is 6.90. The van der Waals surface area contributed by atoms with Crippen LogP contribution in [0, 0.1) is 5.92 Å². The van der Waals surface area contributed by atoms with Gasteiger partial charge in [0.05, 0.1) is 18.5 Å². The Morgan fingerprint density at radius 3 is 2.62 bits per heavy atom. The van der Waals surface area contributed by atoms with Gasteiger partial charge in [0.2, 0.25) is 0 Å². The number of aliphatic imine (C=N–C) groups is 1. The number of hydrogen-bond donors (Lipinski definition) is 0. The number of carbonyl (C=O) groups is 1. The fraction of sp³-hybridized carbons (Fsp3) is 0.364. The number of fused-ring (bicyclic) bond motifs is 1. The van der Waals surface area contributed by atoms with Gasteiger partial charge in [-0.05, 0) is 37.5 Å². The van der Waals surface area contributed by atoms with Crippen molar-refractivity contribution in [3.63, 3.8) is 0 Å². The highest BCUT2D eigenvalue weighted by molar-refractivity contribution is 6.20. The molecule has 1 aliphatic rings. The van der Waals surface area contributed by atoms with E-state index in [4.69, 9.17) is 9.73 Å². The molecule has 3 rings (SSSR count). The Morgan fingerprint density at radius 2 is 1.92 bits per heavy atom. The van der Waals surface area contributed by atoms with Crippen LogP contribution in [0.25, 0.3) is 0 Å². The maximum Gasteiger partial charge on any atom is 0.251 e. The maximum absolute atomic E-state index is 13.2. The Bertz CT molecular complexity index is 826. The molecule has 0 saturated carbocycles. The van der Waals surface area contributed by atoms with Crippen LogP contribution in [0.1, 0.15) is 38.3 Å². The van der Waals surface area contributed by atoms with Crippen molar-refractivity contribution in [3.05, 3.63) is 59.7 Å². The molecule has 0 saturated heterocycles.